The Morgan fingerprint density at radius 1 is 0.609 bits per heavy atom. The van der Waals surface area contributed by atoms with Crippen LogP contribution in [0.25, 0.3) is 0 Å². The van der Waals surface area contributed by atoms with E-state index in [4.69, 9.17) is 0 Å². The maximum absolute atomic E-state index is 3.79. The van der Waals surface area contributed by atoms with Crippen LogP contribution in [0.15, 0.2) is 50.4 Å². The van der Waals surface area contributed by atoms with Gasteiger partial charge in [0.15, 0.2) is 0 Å². The molecule has 0 aromatic carbocycles. The molecule has 0 radical (unpaired) electrons. The van der Waals surface area contributed by atoms with Crippen LogP contribution in [0.2, 0.25) is 0 Å². The highest BCUT2D eigenvalue weighted by atomic mass is 15.3. The van der Waals surface area contributed by atoms with Crippen molar-refractivity contribution in [1.29, 1.82) is 0 Å². The maximum atomic E-state index is 3.79. The van der Waals surface area contributed by atoms with E-state index < -0.39 is 0 Å². The lowest BCUT2D eigenvalue weighted by molar-refractivity contribution is 0.304. The summed E-state index contributed by atoms with van der Waals surface area (Å²) >= 11 is 0. The third-order valence-corrected chi connectivity index (χ3v) is 4.49. The zero-order valence-corrected chi connectivity index (χ0v) is 14.4. The van der Waals surface area contributed by atoms with E-state index in [1.165, 1.54) is 58.0 Å². The van der Waals surface area contributed by atoms with Crippen molar-refractivity contribution in [3.8, 4) is 0 Å². The Hall–Kier alpha value is -1.84. The van der Waals surface area contributed by atoms with Crippen LogP contribution in [0.4, 0.5) is 0 Å². The summed E-state index contributed by atoms with van der Waals surface area (Å²) in [5, 5.41) is 0. The Balaban J connectivity index is 1.35. The zero-order valence-electron chi connectivity index (χ0n) is 14.4. The Morgan fingerprint density at radius 3 is 1.35 bits per heavy atom. The molecule has 2 heterocycles. The molecular weight excluding hydrogens is 284 g/mol. The second-order valence-corrected chi connectivity index (χ2v) is 6.37. The first kappa shape index (κ1) is 17.5. The molecule has 0 unspecified atom stereocenters. The van der Waals surface area contributed by atoms with Crippen LogP contribution in [0, 0.1) is 0 Å². The number of unbranched alkanes of at least 4 members (excludes halogenated alkanes) is 6. The molecular formula is C19H32N4. The number of hydrogen-bond donors (Lipinski definition) is 0. The van der Waals surface area contributed by atoms with E-state index in [0.29, 0.717) is 0 Å². The summed E-state index contributed by atoms with van der Waals surface area (Å²) in [5.41, 5.74) is 0. The van der Waals surface area contributed by atoms with Gasteiger partial charge in [-0.3, -0.25) is 0 Å². The van der Waals surface area contributed by atoms with Crippen molar-refractivity contribution in [3.63, 3.8) is 0 Å². The molecule has 0 saturated carbocycles. The molecule has 2 aliphatic rings. The van der Waals surface area contributed by atoms with Gasteiger partial charge in [0.05, 0.1) is 13.3 Å². The van der Waals surface area contributed by atoms with E-state index >= 15 is 0 Å². The molecule has 23 heavy (non-hydrogen) atoms. The Labute approximate surface area is 142 Å². The number of rotatable bonds is 12. The van der Waals surface area contributed by atoms with Crippen LogP contribution < -0.4 is 0 Å². The van der Waals surface area contributed by atoms with Gasteiger partial charge in [-0.05, 0) is 25.2 Å². The van der Waals surface area contributed by atoms with Gasteiger partial charge >= 0.3 is 0 Å². The van der Waals surface area contributed by atoms with Gasteiger partial charge in [0, 0.05) is 37.9 Å². The predicted molar refractivity (Wildman–Crippen MR) is 97.8 cm³/mol. The normalized spacial score (nSPS) is 16.7. The second kappa shape index (κ2) is 10.0. The summed E-state index contributed by atoms with van der Waals surface area (Å²) < 4.78 is 0. The van der Waals surface area contributed by atoms with Gasteiger partial charge in [0.1, 0.15) is 0 Å². The minimum Gasteiger partial charge on any atom is -0.358 e. The summed E-state index contributed by atoms with van der Waals surface area (Å²) in [6.45, 7) is 11.9. The molecule has 0 bridgehead atoms. The lowest BCUT2D eigenvalue weighted by atomic mass is 10.1. The topological polar surface area (TPSA) is 13.0 Å². The summed E-state index contributed by atoms with van der Waals surface area (Å²) in [6, 6.07) is 0. The fourth-order valence-electron chi connectivity index (χ4n) is 3.01. The van der Waals surface area contributed by atoms with Crippen LogP contribution in [0.5, 0.6) is 0 Å². The monoisotopic (exact) mass is 316 g/mol. The first-order valence-electron chi connectivity index (χ1n) is 8.93. The van der Waals surface area contributed by atoms with Crippen molar-refractivity contribution >= 4 is 0 Å². The second-order valence-electron chi connectivity index (χ2n) is 6.37. The molecule has 4 heteroatoms. The number of nitrogens with zero attached hydrogens (tertiary/aromatic N) is 4. The van der Waals surface area contributed by atoms with Gasteiger partial charge in [-0.15, -0.1) is 0 Å². The van der Waals surface area contributed by atoms with E-state index in [-0.39, 0.29) is 0 Å². The highest BCUT2D eigenvalue weighted by molar-refractivity contribution is 4.95. The van der Waals surface area contributed by atoms with E-state index in [0.717, 1.165) is 13.3 Å². The quantitative estimate of drug-likeness (QED) is 0.503. The first-order valence-corrected chi connectivity index (χ1v) is 8.93. The summed E-state index contributed by atoms with van der Waals surface area (Å²) in [4.78, 5) is 8.95. The third-order valence-electron chi connectivity index (χ3n) is 4.49. The third kappa shape index (κ3) is 6.43. The number of hydrogen-bond acceptors (Lipinski definition) is 4. The van der Waals surface area contributed by atoms with Gasteiger partial charge < -0.3 is 19.6 Å². The van der Waals surface area contributed by atoms with Crippen LogP contribution >= 0.6 is 0 Å². The minimum absolute atomic E-state index is 0.970. The van der Waals surface area contributed by atoms with Crippen molar-refractivity contribution in [3.05, 3.63) is 50.4 Å². The van der Waals surface area contributed by atoms with Gasteiger partial charge in [-0.2, -0.15) is 0 Å². The fourth-order valence-corrected chi connectivity index (χ4v) is 3.01. The van der Waals surface area contributed by atoms with E-state index in [9.17, 15) is 0 Å². The molecule has 0 fully saturated rings. The molecule has 0 aromatic heterocycles. The molecule has 0 saturated heterocycles. The molecule has 2 aliphatic heterocycles. The van der Waals surface area contributed by atoms with Gasteiger partial charge in [-0.25, -0.2) is 0 Å². The highest BCUT2D eigenvalue weighted by Crippen LogP contribution is 2.12. The molecule has 128 valence electrons. The Bertz CT molecular complexity index is 378. The zero-order chi connectivity index (χ0) is 16.3. The fraction of sp³-hybridized carbons (Fsp3) is 0.579. The molecule has 0 aromatic rings. The molecule has 0 amide bonds. The van der Waals surface area contributed by atoms with Crippen molar-refractivity contribution in [2.75, 3.05) is 26.4 Å². The first-order chi connectivity index (χ1) is 11.3. The summed E-state index contributed by atoms with van der Waals surface area (Å²) in [6.07, 6.45) is 21.7. The van der Waals surface area contributed by atoms with Gasteiger partial charge in [0.2, 0.25) is 0 Å². The van der Waals surface area contributed by atoms with Crippen LogP contribution in [0.1, 0.15) is 44.9 Å². The van der Waals surface area contributed by atoms with E-state index in [1.54, 1.807) is 0 Å². The smallest absolute Gasteiger partial charge is 0.0935 e. The molecule has 0 spiro atoms. The molecule has 0 N–H and O–H groups in total. The predicted octanol–water partition coefficient (Wildman–Crippen LogP) is 4.10. The maximum Gasteiger partial charge on any atom is 0.0935 e. The summed E-state index contributed by atoms with van der Waals surface area (Å²) in [7, 11) is 0. The van der Waals surface area contributed by atoms with Crippen LogP contribution in [-0.2, 0) is 0 Å². The minimum atomic E-state index is 0.970. The Kier molecular flexibility index (Phi) is 7.64. The van der Waals surface area contributed by atoms with Crippen molar-refractivity contribution in [2.45, 2.75) is 44.9 Å². The largest absolute Gasteiger partial charge is 0.358 e. The lowest BCUT2D eigenvalue weighted by Gasteiger charge is -2.18. The SMILES string of the molecule is C=CN1C=CN(CCCCCCCCCN2C=CN(C=C)C2)C1. The molecule has 0 atom stereocenters. The molecule has 4 nitrogen and oxygen atoms in total. The summed E-state index contributed by atoms with van der Waals surface area (Å²) in [5.74, 6) is 0. The van der Waals surface area contributed by atoms with Crippen LogP contribution in [-0.4, -0.2) is 46.0 Å². The average Bonchev–Trinajstić information content (AvgIpc) is 3.22. The average molecular weight is 316 g/mol. The van der Waals surface area contributed by atoms with Gasteiger partial charge in [-0.1, -0.05) is 45.3 Å². The highest BCUT2D eigenvalue weighted by Gasteiger charge is 2.09. The van der Waals surface area contributed by atoms with Crippen molar-refractivity contribution < 1.29 is 0 Å². The molecule has 0 aliphatic carbocycles. The van der Waals surface area contributed by atoms with Crippen molar-refractivity contribution in [2.24, 2.45) is 0 Å². The van der Waals surface area contributed by atoms with E-state index in [1.807, 2.05) is 12.4 Å². The molecule has 2 rings (SSSR count). The standard InChI is InChI=1S/C19H32N4/c1-3-20-14-16-22(18-20)12-10-8-6-5-7-9-11-13-23-17-15-21(4-2)19-23/h3-4,14-17H,1-2,5-13,18-19H2. The lowest BCUT2D eigenvalue weighted by Crippen LogP contribution is -2.22. The van der Waals surface area contributed by atoms with Crippen LogP contribution in [0.3, 0.4) is 0 Å². The van der Waals surface area contributed by atoms with E-state index in [2.05, 4.69) is 57.6 Å². The van der Waals surface area contributed by atoms with Crippen molar-refractivity contribution in [1.82, 2.24) is 19.6 Å². The Morgan fingerprint density at radius 2 is 1.00 bits per heavy atom. The van der Waals surface area contributed by atoms with Gasteiger partial charge in [0.25, 0.3) is 0 Å².